The van der Waals surface area contributed by atoms with Gasteiger partial charge >= 0.3 is 0 Å². The first kappa shape index (κ1) is 19.4. The van der Waals surface area contributed by atoms with Crippen LogP contribution in [0.15, 0.2) is 70.9 Å². The summed E-state index contributed by atoms with van der Waals surface area (Å²) in [5.41, 5.74) is 0.839. The standard InChI is InChI=1S/C23H18FNO5/c1-13-4-5-15(11-18(13)24)21(27)19-20(14-6-8-16(26)9-7-14)25(23(29)22(19)28)12-17-3-2-10-30-17/h2-11,20,26-27H,12H2,1H3/t20-/m1/s1. The Hall–Kier alpha value is -3.87. The first-order chi connectivity index (χ1) is 14.4. The first-order valence-corrected chi connectivity index (χ1v) is 9.23. The Morgan fingerprint density at radius 1 is 1.13 bits per heavy atom. The van der Waals surface area contributed by atoms with E-state index in [9.17, 15) is 24.2 Å². The third-order valence-corrected chi connectivity index (χ3v) is 5.10. The van der Waals surface area contributed by atoms with Crippen LogP contribution in [0.2, 0.25) is 0 Å². The summed E-state index contributed by atoms with van der Waals surface area (Å²) >= 11 is 0. The minimum atomic E-state index is -0.930. The molecule has 0 radical (unpaired) electrons. The van der Waals surface area contributed by atoms with Crippen molar-refractivity contribution in [2.24, 2.45) is 0 Å². The Labute approximate surface area is 171 Å². The molecule has 30 heavy (non-hydrogen) atoms. The van der Waals surface area contributed by atoms with Crippen molar-refractivity contribution in [2.45, 2.75) is 19.5 Å². The number of aryl methyl sites for hydroxylation is 1. The van der Waals surface area contributed by atoms with E-state index in [0.717, 1.165) is 6.07 Å². The van der Waals surface area contributed by atoms with Crippen molar-refractivity contribution in [1.82, 2.24) is 4.90 Å². The summed E-state index contributed by atoms with van der Waals surface area (Å²) in [7, 11) is 0. The molecule has 0 bridgehead atoms. The normalized spacial score (nSPS) is 18.2. The van der Waals surface area contributed by atoms with E-state index in [-0.39, 0.29) is 23.4 Å². The number of phenolic OH excluding ortho intramolecular Hbond substituents is 1. The molecule has 0 spiro atoms. The number of carbonyl (C=O) groups excluding carboxylic acids is 2. The highest BCUT2D eigenvalue weighted by Crippen LogP contribution is 2.40. The summed E-state index contributed by atoms with van der Waals surface area (Å²) in [5.74, 6) is -2.21. The van der Waals surface area contributed by atoms with E-state index in [1.165, 1.54) is 35.4 Å². The lowest BCUT2D eigenvalue weighted by molar-refractivity contribution is -0.140. The highest BCUT2D eigenvalue weighted by molar-refractivity contribution is 6.46. The molecule has 1 fully saturated rings. The second kappa shape index (κ2) is 7.51. The summed E-state index contributed by atoms with van der Waals surface area (Å²) in [6.45, 7) is 1.58. The van der Waals surface area contributed by atoms with Crippen molar-refractivity contribution in [3.63, 3.8) is 0 Å². The zero-order valence-corrected chi connectivity index (χ0v) is 16.0. The highest BCUT2D eigenvalue weighted by Gasteiger charge is 2.46. The van der Waals surface area contributed by atoms with Gasteiger partial charge in [0, 0.05) is 5.56 Å². The summed E-state index contributed by atoms with van der Waals surface area (Å²) in [5, 5.41) is 20.5. The van der Waals surface area contributed by atoms with Crippen LogP contribution in [0.4, 0.5) is 4.39 Å². The number of hydrogen-bond donors (Lipinski definition) is 2. The SMILES string of the molecule is Cc1ccc(C(O)=C2C(=O)C(=O)N(Cc3ccco3)[C@@H]2c2ccc(O)cc2)cc1F. The Morgan fingerprint density at radius 2 is 1.87 bits per heavy atom. The molecule has 2 heterocycles. The van der Waals surface area contributed by atoms with Crippen LogP contribution >= 0.6 is 0 Å². The zero-order valence-electron chi connectivity index (χ0n) is 16.0. The fourth-order valence-corrected chi connectivity index (χ4v) is 3.51. The van der Waals surface area contributed by atoms with Crippen molar-refractivity contribution in [3.05, 3.63) is 94.7 Å². The van der Waals surface area contributed by atoms with Crippen LogP contribution in [0.3, 0.4) is 0 Å². The van der Waals surface area contributed by atoms with Crippen molar-refractivity contribution < 1.29 is 28.6 Å². The Bertz CT molecular complexity index is 1150. The smallest absolute Gasteiger partial charge is 0.296 e. The van der Waals surface area contributed by atoms with Crippen LogP contribution in [-0.4, -0.2) is 26.8 Å². The number of carbonyl (C=O) groups is 2. The summed E-state index contributed by atoms with van der Waals surface area (Å²) in [6.07, 6.45) is 1.45. The van der Waals surface area contributed by atoms with E-state index in [2.05, 4.69) is 0 Å². The summed E-state index contributed by atoms with van der Waals surface area (Å²) in [6, 6.07) is 12.5. The fraction of sp³-hybridized carbons (Fsp3) is 0.130. The van der Waals surface area contributed by atoms with E-state index < -0.39 is 29.3 Å². The Balaban J connectivity index is 1.87. The van der Waals surface area contributed by atoms with Gasteiger partial charge in [0.1, 0.15) is 23.1 Å². The van der Waals surface area contributed by atoms with Gasteiger partial charge in [-0.2, -0.15) is 0 Å². The van der Waals surface area contributed by atoms with E-state index in [4.69, 9.17) is 4.42 Å². The number of Topliss-reactive ketones (excluding diaryl/α,β-unsaturated/α-hetero) is 1. The molecule has 7 heteroatoms. The van der Waals surface area contributed by atoms with Gasteiger partial charge in [-0.15, -0.1) is 0 Å². The number of halogens is 1. The largest absolute Gasteiger partial charge is 0.508 e. The number of aromatic hydroxyl groups is 1. The van der Waals surface area contributed by atoms with E-state index in [0.29, 0.717) is 16.9 Å². The number of rotatable bonds is 4. The van der Waals surface area contributed by atoms with Crippen LogP contribution in [0, 0.1) is 12.7 Å². The Kier molecular flexibility index (Phi) is 4.87. The van der Waals surface area contributed by atoms with Crippen LogP contribution in [0.5, 0.6) is 5.75 Å². The number of hydrogen-bond acceptors (Lipinski definition) is 5. The number of phenols is 1. The topological polar surface area (TPSA) is 91.0 Å². The molecule has 4 rings (SSSR count). The lowest BCUT2D eigenvalue weighted by atomic mass is 9.95. The van der Waals surface area contributed by atoms with Crippen molar-refractivity contribution in [3.8, 4) is 5.75 Å². The number of aliphatic hydroxyl groups excluding tert-OH is 1. The monoisotopic (exact) mass is 407 g/mol. The van der Waals surface area contributed by atoms with Crippen LogP contribution in [-0.2, 0) is 16.1 Å². The van der Waals surface area contributed by atoms with Crippen molar-refractivity contribution in [1.29, 1.82) is 0 Å². The molecule has 0 aliphatic carbocycles. The van der Waals surface area contributed by atoms with Crippen molar-refractivity contribution in [2.75, 3.05) is 0 Å². The van der Waals surface area contributed by atoms with Gasteiger partial charge in [-0.05, 0) is 48.4 Å². The number of furan rings is 1. The summed E-state index contributed by atoms with van der Waals surface area (Å²) < 4.78 is 19.4. The molecule has 1 aromatic heterocycles. The third-order valence-electron chi connectivity index (χ3n) is 5.10. The Morgan fingerprint density at radius 3 is 2.50 bits per heavy atom. The minimum Gasteiger partial charge on any atom is -0.508 e. The molecular formula is C23H18FNO5. The van der Waals surface area contributed by atoms with Gasteiger partial charge in [-0.25, -0.2) is 4.39 Å². The number of amides is 1. The van der Waals surface area contributed by atoms with Crippen LogP contribution < -0.4 is 0 Å². The summed E-state index contributed by atoms with van der Waals surface area (Å²) in [4.78, 5) is 27.0. The molecule has 3 aromatic rings. The molecule has 1 aliphatic rings. The van der Waals surface area contributed by atoms with Gasteiger partial charge in [0.05, 0.1) is 24.4 Å². The molecule has 2 aromatic carbocycles. The van der Waals surface area contributed by atoms with Gasteiger partial charge < -0.3 is 19.5 Å². The van der Waals surface area contributed by atoms with Crippen LogP contribution in [0.1, 0.15) is 28.5 Å². The average Bonchev–Trinajstić information content (AvgIpc) is 3.33. The van der Waals surface area contributed by atoms with Gasteiger partial charge in [0.2, 0.25) is 0 Å². The molecule has 0 saturated carbocycles. The van der Waals surface area contributed by atoms with Gasteiger partial charge in [0.25, 0.3) is 11.7 Å². The number of nitrogens with zero attached hydrogens (tertiary/aromatic N) is 1. The van der Waals surface area contributed by atoms with Gasteiger partial charge in [-0.1, -0.05) is 24.3 Å². The highest BCUT2D eigenvalue weighted by atomic mass is 19.1. The third kappa shape index (κ3) is 3.34. The lowest BCUT2D eigenvalue weighted by Gasteiger charge is -2.24. The number of benzene rings is 2. The molecule has 1 saturated heterocycles. The van der Waals surface area contributed by atoms with E-state index in [1.54, 1.807) is 31.2 Å². The zero-order chi connectivity index (χ0) is 21.4. The molecule has 2 N–H and O–H groups in total. The van der Waals surface area contributed by atoms with Crippen molar-refractivity contribution >= 4 is 17.4 Å². The molecule has 152 valence electrons. The lowest BCUT2D eigenvalue weighted by Crippen LogP contribution is -2.29. The second-order valence-electron chi connectivity index (χ2n) is 7.06. The molecule has 1 amide bonds. The average molecular weight is 407 g/mol. The van der Waals surface area contributed by atoms with Gasteiger partial charge in [-0.3, -0.25) is 9.59 Å². The van der Waals surface area contributed by atoms with Crippen LogP contribution in [0.25, 0.3) is 5.76 Å². The molecular weight excluding hydrogens is 389 g/mol. The maximum Gasteiger partial charge on any atom is 0.296 e. The predicted molar refractivity (Wildman–Crippen MR) is 106 cm³/mol. The van der Waals surface area contributed by atoms with E-state index in [1.807, 2.05) is 0 Å². The molecule has 1 atom stereocenters. The minimum absolute atomic E-state index is 0.00214. The number of ketones is 1. The number of likely N-dealkylation sites (tertiary alicyclic amines) is 1. The molecule has 0 unspecified atom stereocenters. The second-order valence-corrected chi connectivity index (χ2v) is 7.06. The first-order valence-electron chi connectivity index (χ1n) is 9.23. The number of aliphatic hydroxyl groups is 1. The maximum absolute atomic E-state index is 14.1. The quantitative estimate of drug-likeness (QED) is 0.387. The van der Waals surface area contributed by atoms with Gasteiger partial charge in [0.15, 0.2) is 0 Å². The predicted octanol–water partition coefficient (Wildman–Crippen LogP) is 4.05. The molecule has 6 nitrogen and oxygen atoms in total. The fourth-order valence-electron chi connectivity index (χ4n) is 3.51. The van der Waals surface area contributed by atoms with E-state index >= 15 is 0 Å². The maximum atomic E-state index is 14.1. The molecule has 1 aliphatic heterocycles.